The fourth-order valence-corrected chi connectivity index (χ4v) is 2.48. The second-order valence-electron chi connectivity index (χ2n) is 5.81. The van der Waals surface area contributed by atoms with E-state index in [9.17, 15) is 4.79 Å². The first-order chi connectivity index (χ1) is 10.5. The third-order valence-electron chi connectivity index (χ3n) is 3.44. The molecular formula is C17H24N2O3. The molecule has 0 atom stereocenters. The van der Waals surface area contributed by atoms with E-state index in [0.717, 1.165) is 17.4 Å². The highest BCUT2D eigenvalue weighted by Gasteiger charge is 2.25. The zero-order valence-corrected chi connectivity index (χ0v) is 13.9. The number of fused-ring (bicyclic) bond motifs is 1. The molecule has 0 aliphatic heterocycles. The summed E-state index contributed by atoms with van der Waals surface area (Å²) in [6.07, 6.45) is -0.169. The van der Waals surface area contributed by atoms with Crippen LogP contribution in [0.25, 0.3) is 10.9 Å². The van der Waals surface area contributed by atoms with Gasteiger partial charge in [-0.15, -0.1) is 0 Å². The number of rotatable bonds is 6. The maximum Gasteiger partial charge on any atom is 0.359 e. The normalized spacial score (nSPS) is 11.4. The molecule has 5 heteroatoms. The average molecular weight is 304 g/mol. The lowest BCUT2D eigenvalue weighted by Crippen LogP contribution is -2.22. The minimum atomic E-state index is -0.346. The Morgan fingerprint density at radius 3 is 2.55 bits per heavy atom. The summed E-state index contributed by atoms with van der Waals surface area (Å²) in [7, 11) is 5.61. The van der Waals surface area contributed by atoms with Gasteiger partial charge in [0.25, 0.3) is 0 Å². The van der Waals surface area contributed by atoms with Gasteiger partial charge in [0.05, 0.1) is 18.7 Å². The number of esters is 1. The van der Waals surface area contributed by atoms with Gasteiger partial charge in [0, 0.05) is 18.5 Å². The van der Waals surface area contributed by atoms with Gasteiger partial charge in [-0.05, 0) is 40.1 Å². The second-order valence-corrected chi connectivity index (χ2v) is 5.81. The van der Waals surface area contributed by atoms with E-state index in [-0.39, 0.29) is 12.1 Å². The largest absolute Gasteiger partial charge is 0.494 e. The predicted octanol–water partition coefficient (Wildman–Crippen LogP) is 2.78. The first-order valence-electron chi connectivity index (χ1n) is 7.46. The molecule has 0 saturated carbocycles. The fraction of sp³-hybridized carbons (Fsp3) is 0.471. The molecule has 0 saturated heterocycles. The standard InChI is InChI=1S/C17H24N2O3/c1-12(2)22-17(20)15-16(21-5)13-8-6-7-9-14(13)19(15)11-10-18(3)4/h6-9,12H,10-11H2,1-5H3. The Balaban J connectivity index is 2.58. The van der Waals surface area contributed by atoms with E-state index in [1.807, 2.05) is 56.8 Å². The van der Waals surface area contributed by atoms with E-state index in [0.29, 0.717) is 18.0 Å². The number of carbonyl (C=O) groups is 1. The van der Waals surface area contributed by atoms with Crippen molar-refractivity contribution >= 4 is 16.9 Å². The first-order valence-corrected chi connectivity index (χ1v) is 7.46. The lowest BCUT2D eigenvalue weighted by atomic mass is 10.2. The molecule has 1 aromatic heterocycles. The van der Waals surface area contributed by atoms with E-state index in [1.165, 1.54) is 0 Å². The minimum absolute atomic E-state index is 0.169. The smallest absolute Gasteiger partial charge is 0.359 e. The number of likely N-dealkylation sites (N-methyl/N-ethyl adjacent to an activating group) is 1. The zero-order chi connectivity index (χ0) is 16.3. The van der Waals surface area contributed by atoms with Gasteiger partial charge in [-0.2, -0.15) is 0 Å². The van der Waals surface area contributed by atoms with Gasteiger partial charge in [0.2, 0.25) is 0 Å². The van der Waals surface area contributed by atoms with E-state index in [4.69, 9.17) is 9.47 Å². The van der Waals surface area contributed by atoms with Gasteiger partial charge in [-0.1, -0.05) is 12.1 Å². The lowest BCUT2D eigenvalue weighted by Gasteiger charge is -2.15. The number of nitrogens with zero attached hydrogens (tertiary/aromatic N) is 2. The number of ether oxygens (including phenoxy) is 2. The van der Waals surface area contributed by atoms with Crippen LogP contribution in [-0.4, -0.2) is 49.3 Å². The summed E-state index contributed by atoms with van der Waals surface area (Å²) >= 11 is 0. The fourth-order valence-electron chi connectivity index (χ4n) is 2.48. The average Bonchev–Trinajstić information content (AvgIpc) is 2.78. The Bertz CT molecular complexity index is 659. The predicted molar refractivity (Wildman–Crippen MR) is 87.6 cm³/mol. The van der Waals surface area contributed by atoms with Crippen LogP contribution >= 0.6 is 0 Å². The summed E-state index contributed by atoms with van der Waals surface area (Å²) in [5.74, 6) is 0.238. The van der Waals surface area contributed by atoms with Gasteiger partial charge in [-0.25, -0.2) is 4.79 Å². The molecule has 2 rings (SSSR count). The molecule has 5 nitrogen and oxygen atoms in total. The molecule has 0 fully saturated rings. The Labute approximate surface area is 131 Å². The van der Waals surface area contributed by atoms with Crippen molar-refractivity contribution in [3.05, 3.63) is 30.0 Å². The maximum atomic E-state index is 12.5. The molecule has 0 aliphatic rings. The Morgan fingerprint density at radius 2 is 1.95 bits per heavy atom. The molecule has 0 amide bonds. The number of methoxy groups -OCH3 is 1. The zero-order valence-electron chi connectivity index (χ0n) is 13.9. The SMILES string of the molecule is COc1c(C(=O)OC(C)C)n(CCN(C)C)c2ccccc12. The van der Waals surface area contributed by atoms with Crippen LogP contribution in [-0.2, 0) is 11.3 Å². The third kappa shape index (κ3) is 3.25. The van der Waals surface area contributed by atoms with Crippen molar-refractivity contribution in [3.63, 3.8) is 0 Å². The molecule has 120 valence electrons. The number of benzene rings is 1. The van der Waals surface area contributed by atoms with Gasteiger partial charge in [0.1, 0.15) is 0 Å². The van der Waals surface area contributed by atoms with Crippen LogP contribution in [0, 0.1) is 0 Å². The van der Waals surface area contributed by atoms with Gasteiger partial charge in [0.15, 0.2) is 11.4 Å². The van der Waals surface area contributed by atoms with E-state index < -0.39 is 0 Å². The van der Waals surface area contributed by atoms with Crippen molar-refractivity contribution < 1.29 is 14.3 Å². The summed E-state index contributed by atoms with van der Waals surface area (Å²) in [4.78, 5) is 14.6. The van der Waals surface area contributed by atoms with Crippen LogP contribution in [0.5, 0.6) is 5.75 Å². The van der Waals surface area contributed by atoms with Crippen LogP contribution < -0.4 is 4.74 Å². The van der Waals surface area contributed by atoms with E-state index in [2.05, 4.69) is 4.90 Å². The summed E-state index contributed by atoms with van der Waals surface area (Å²) in [6.45, 7) is 5.21. The van der Waals surface area contributed by atoms with Crippen molar-refractivity contribution in [1.82, 2.24) is 9.47 Å². The number of hydrogen-bond donors (Lipinski definition) is 0. The summed E-state index contributed by atoms with van der Waals surface area (Å²) in [6, 6.07) is 7.87. The molecule has 0 unspecified atom stereocenters. The van der Waals surface area contributed by atoms with Gasteiger partial charge >= 0.3 is 5.97 Å². The number of carbonyl (C=O) groups excluding carboxylic acids is 1. The number of aromatic nitrogens is 1. The minimum Gasteiger partial charge on any atom is -0.494 e. The van der Waals surface area contributed by atoms with Crippen LogP contribution in [0.3, 0.4) is 0 Å². The van der Waals surface area contributed by atoms with Crippen LogP contribution in [0.4, 0.5) is 0 Å². The number of para-hydroxylation sites is 1. The van der Waals surface area contributed by atoms with Crippen LogP contribution in [0.15, 0.2) is 24.3 Å². The molecule has 1 heterocycles. The van der Waals surface area contributed by atoms with E-state index >= 15 is 0 Å². The van der Waals surface area contributed by atoms with Crippen molar-refractivity contribution in [2.24, 2.45) is 0 Å². The molecule has 0 N–H and O–H groups in total. The summed E-state index contributed by atoms with van der Waals surface area (Å²) in [5, 5.41) is 0.930. The van der Waals surface area contributed by atoms with Gasteiger partial charge < -0.3 is 18.9 Å². The molecular weight excluding hydrogens is 280 g/mol. The lowest BCUT2D eigenvalue weighted by molar-refractivity contribution is 0.0361. The van der Waals surface area contributed by atoms with Crippen molar-refractivity contribution in [1.29, 1.82) is 0 Å². The highest BCUT2D eigenvalue weighted by molar-refractivity contribution is 6.01. The molecule has 22 heavy (non-hydrogen) atoms. The quantitative estimate of drug-likeness (QED) is 0.770. The summed E-state index contributed by atoms with van der Waals surface area (Å²) in [5.41, 5.74) is 1.47. The Hall–Kier alpha value is -2.01. The van der Waals surface area contributed by atoms with E-state index in [1.54, 1.807) is 7.11 Å². The molecule has 0 radical (unpaired) electrons. The van der Waals surface area contributed by atoms with Crippen LogP contribution in [0.1, 0.15) is 24.3 Å². The number of hydrogen-bond acceptors (Lipinski definition) is 4. The highest BCUT2D eigenvalue weighted by Crippen LogP contribution is 2.33. The molecule has 2 aromatic rings. The summed E-state index contributed by atoms with van der Waals surface area (Å²) < 4.78 is 12.9. The van der Waals surface area contributed by atoms with Crippen molar-refractivity contribution in [3.8, 4) is 5.75 Å². The van der Waals surface area contributed by atoms with Gasteiger partial charge in [-0.3, -0.25) is 0 Å². The monoisotopic (exact) mass is 304 g/mol. The maximum absolute atomic E-state index is 12.5. The highest BCUT2D eigenvalue weighted by atomic mass is 16.5. The Kier molecular flexibility index (Phi) is 5.08. The molecule has 1 aromatic carbocycles. The molecule has 0 bridgehead atoms. The van der Waals surface area contributed by atoms with Crippen molar-refractivity contribution in [2.45, 2.75) is 26.5 Å². The topological polar surface area (TPSA) is 43.7 Å². The first kappa shape index (κ1) is 16.4. The third-order valence-corrected chi connectivity index (χ3v) is 3.44. The van der Waals surface area contributed by atoms with Crippen molar-refractivity contribution in [2.75, 3.05) is 27.7 Å². The molecule has 0 aliphatic carbocycles. The Morgan fingerprint density at radius 1 is 1.27 bits per heavy atom. The molecule has 0 spiro atoms. The second kappa shape index (κ2) is 6.83. The van der Waals surface area contributed by atoms with Crippen LogP contribution in [0.2, 0.25) is 0 Å².